The molecule has 1 aliphatic heterocycles. The molecule has 0 radical (unpaired) electrons. The Morgan fingerprint density at radius 2 is 1.94 bits per heavy atom. The fraction of sp³-hybridized carbons (Fsp3) is 0.227. The quantitative estimate of drug-likeness (QED) is 0.459. The first-order valence-corrected chi connectivity index (χ1v) is 10.3. The van der Waals surface area contributed by atoms with Gasteiger partial charge in [-0.1, -0.05) is 41.1 Å². The highest BCUT2D eigenvalue weighted by molar-refractivity contribution is 9.10. The van der Waals surface area contributed by atoms with Crippen molar-refractivity contribution in [1.29, 1.82) is 0 Å². The molecule has 1 fully saturated rings. The number of amides is 4. The Labute approximate surface area is 188 Å². The molecule has 162 valence electrons. The molecule has 0 aromatic heterocycles. The average Bonchev–Trinajstić information content (AvgIpc) is 3.01. The normalized spacial score (nSPS) is 14.6. The van der Waals surface area contributed by atoms with Gasteiger partial charge in [-0.3, -0.25) is 9.59 Å². The van der Waals surface area contributed by atoms with Gasteiger partial charge in [-0.05, 0) is 36.3 Å². The zero-order chi connectivity index (χ0) is 22.5. The van der Waals surface area contributed by atoms with Gasteiger partial charge in [0.05, 0.1) is 14.2 Å². The van der Waals surface area contributed by atoms with Gasteiger partial charge in [0, 0.05) is 15.7 Å². The first kappa shape index (κ1) is 22.4. The molecule has 0 bridgehead atoms. The van der Waals surface area contributed by atoms with Crippen LogP contribution in [0.1, 0.15) is 18.1 Å². The van der Waals surface area contributed by atoms with Gasteiger partial charge in [-0.25, -0.2) is 9.69 Å². The molecule has 0 unspecified atom stereocenters. The molecule has 1 aliphatic rings. The van der Waals surface area contributed by atoms with Crippen molar-refractivity contribution in [1.82, 2.24) is 10.2 Å². The molecule has 9 heteroatoms. The number of urea groups is 1. The van der Waals surface area contributed by atoms with Gasteiger partial charge in [0.15, 0.2) is 11.5 Å². The van der Waals surface area contributed by atoms with Crippen molar-refractivity contribution in [2.45, 2.75) is 13.3 Å². The third-order valence-corrected chi connectivity index (χ3v) is 5.17. The number of anilines is 1. The van der Waals surface area contributed by atoms with Crippen molar-refractivity contribution in [2.75, 3.05) is 26.1 Å². The maximum atomic E-state index is 12.8. The van der Waals surface area contributed by atoms with Gasteiger partial charge >= 0.3 is 6.03 Å². The largest absolute Gasteiger partial charge is 0.493 e. The number of hydrogen-bond donors (Lipinski definition) is 2. The number of halogens is 1. The van der Waals surface area contributed by atoms with E-state index in [1.165, 1.54) is 20.3 Å². The van der Waals surface area contributed by atoms with Gasteiger partial charge in [-0.2, -0.15) is 0 Å². The summed E-state index contributed by atoms with van der Waals surface area (Å²) in [5, 5.41) is 5.27. The summed E-state index contributed by atoms with van der Waals surface area (Å²) >= 11 is 3.38. The van der Waals surface area contributed by atoms with Crippen LogP contribution in [-0.4, -0.2) is 43.5 Å². The first-order valence-electron chi connectivity index (χ1n) is 9.51. The fourth-order valence-corrected chi connectivity index (χ4v) is 3.68. The summed E-state index contributed by atoms with van der Waals surface area (Å²) in [5.41, 5.74) is 2.18. The second-order valence-corrected chi connectivity index (χ2v) is 7.58. The van der Waals surface area contributed by atoms with Crippen molar-refractivity contribution in [3.63, 3.8) is 0 Å². The maximum Gasteiger partial charge on any atom is 0.329 e. The summed E-state index contributed by atoms with van der Waals surface area (Å²) in [7, 11) is 2.98. The summed E-state index contributed by atoms with van der Waals surface area (Å²) < 4.78 is 11.4. The summed E-state index contributed by atoms with van der Waals surface area (Å²) in [4.78, 5) is 38.5. The predicted molar refractivity (Wildman–Crippen MR) is 120 cm³/mol. The molecule has 2 N–H and O–H groups in total. The molecule has 0 spiro atoms. The summed E-state index contributed by atoms with van der Waals surface area (Å²) in [6, 6.07) is 10.2. The second kappa shape index (κ2) is 9.65. The minimum absolute atomic E-state index is 0.0326. The molecule has 4 amide bonds. The number of hydrogen-bond acceptors (Lipinski definition) is 5. The minimum Gasteiger partial charge on any atom is -0.493 e. The van der Waals surface area contributed by atoms with E-state index >= 15 is 0 Å². The van der Waals surface area contributed by atoms with Crippen LogP contribution in [0.25, 0.3) is 6.08 Å². The van der Waals surface area contributed by atoms with Crippen molar-refractivity contribution >= 4 is 45.5 Å². The van der Waals surface area contributed by atoms with Crippen LogP contribution in [0.2, 0.25) is 0 Å². The number of nitrogens with one attached hydrogen (secondary N) is 2. The van der Waals surface area contributed by atoms with Gasteiger partial charge in [0.1, 0.15) is 12.2 Å². The molecule has 0 atom stereocenters. The molecule has 0 saturated carbocycles. The lowest BCUT2D eigenvalue weighted by Gasteiger charge is -2.14. The highest BCUT2D eigenvalue weighted by Crippen LogP contribution is 2.36. The number of benzene rings is 2. The highest BCUT2D eigenvalue weighted by Gasteiger charge is 2.35. The lowest BCUT2D eigenvalue weighted by Crippen LogP contribution is -2.38. The van der Waals surface area contributed by atoms with E-state index in [4.69, 9.17) is 9.47 Å². The van der Waals surface area contributed by atoms with E-state index in [1.54, 1.807) is 18.2 Å². The molecule has 2 aromatic carbocycles. The van der Waals surface area contributed by atoms with E-state index in [0.29, 0.717) is 27.2 Å². The van der Waals surface area contributed by atoms with Crippen molar-refractivity contribution in [2.24, 2.45) is 0 Å². The number of rotatable bonds is 7. The molecular formula is C22H22BrN3O5. The third kappa shape index (κ3) is 4.88. The SMILES string of the molecule is CCc1ccccc1NC(=O)CN1C(=O)N/C(=C/c2cc(Br)cc(OC)c2OC)C1=O. The van der Waals surface area contributed by atoms with Gasteiger partial charge in [0.25, 0.3) is 5.91 Å². The van der Waals surface area contributed by atoms with Crippen LogP contribution in [0.4, 0.5) is 10.5 Å². The van der Waals surface area contributed by atoms with Crippen LogP contribution >= 0.6 is 15.9 Å². The van der Waals surface area contributed by atoms with Crippen LogP contribution < -0.4 is 20.1 Å². The maximum absolute atomic E-state index is 12.8. The molecule has 2 aromatic rings. The summed E-state index contributed by atoms with van der Waals surface area (Å²) in [5.74, 6) is -0.198. The van der Waals surface area contributed by atoms with E-state index in [9.17, 15) is 14.4 Å². The lowest BCUT2D eigenvalue weighted by atomic mass is 10.1. The first-order chi connectivity index (χ1) is 14.9. The van der Waals surface area contributed by atoms with Crippen LogP contribution in [0.3, 0.4) is 0 Å². The van der Waals surface area contributed by atoms with Gasteiger partial charge in [0.2, 0.25) is 5.91 Å². The van der Waals surface area contributed by atoms with Crippen LogP contribution in [-0.2, 0) is 16.0 Å². The molecular weight excluding hydrogens is 466 g/mol. The molecule has 31 heavy (non-hydrogen) atoms. The van der Waals surface area contributed by atoms with Gasteiger partial charge < -0.3 is 20.1 Å². The monoisotopic (exact) mass is 487 g/mol. The average molecular weight is 488 g/mol. The third-order valence-electron chi connectivity index (χ3n) is 4.71. The Kier molecular flexibility index (Phi) is 6.96. The highest BCUT2D eigenvalue weighted by atomic mass is 79.9. The molecule has 1 heterocycles. The van der Waals surface area contributed by atoms with E-state index in [1.807, 2.05) is 25.1 Å². The summed E-state index contributed by atoms with van der Waals surface area (Å²) in [6.07, 6.45) is 2.22. The standard InChI is InChI=1S/C22H22BrN3O5/c1-4-13-7-5-6-8-16(13)24-19(27)12-26-21(28)17(25-22(26)29)10-14-9-15(23)11-18(30-2)20(14)31-3/h5-11H,4,12H2,1-3H3,(H,24,27)(H,25,29)/b17-10+. The van der Waals surface area contributed by atoms with E-state index < -0.39 is 24.4 Å². The zero-order valence-corrected chi connectivity index (χ0v) is 18.9. The van der Waals surface area contributed by atoms with E-state index in [-0.39, 0.29) is 5.70 Å². The van der Waals surface area contributed by atoms with Crippen molar-refractivity contribution in [3.05, 3.63) is 57.7 Å². The Bertz CT molecular complexity index is 1070. The Hall–Kier alpha value is -3.33. The smallest absolute Gasteiger partial charge is 0.329 e. The predicted octanol–water partition coefficient (Wildman–Crippen LogP) is 3.56. The molecule has 3 rings (SSSR count). The fourth-order valence-electron chi connectivity index (χ4n) is 3.22. The van der Waals surface area contributed by atoms with E-state index in [0.717, 1.165) is 16.9 Å². The lowest BCUT2D eigenvalue weighted by molar-refractivity contribution is -0.127. The Morgan fingerprint density at radius 1 is 1.19 bits per heavy atom. The number of carbonyl (C=O) groups is 3. The summed E-state index contributed by atoms with van der Waals surface area (Å²) in [6.45, 7) is 1.57. The number of methoxy groups -OCH3 is 2. The topological polar surface area (TPSA) is 97.0 Å². The van der Waals surface area contributed by atoms with Crippen molar-refractivity contribution in [3.8, 4) is 11.5 Å². The molecule has 1 saturated heterocycles. The number of ether oxygens (including phenoxy) is 2. The number of nitrogens with zero attached hydrogens (tertiary/aromatic N) is 1. The number of imide groups is 1. The Morgan fingerprint density at radius 3 is 2.61 bits per heavy atom. The van der Waals surface area contributed by atoms with Crippen molar-refractivity contribution < 1.29 is 23.9 Å². The molecule has 8 nitrogen and oxygen atoms in total. The number of para-hydroxylation sites is 1. The number of carbonyl (C=O) groups excluding carboxylic acids is 3. The van der Waals surface area contributed by atoms with Crippen LogP contribution in [0.5, 0.6) is 11.5 Å². The van der Waals surface area contributed by atoms with Crippen LogP contribution in [0.15, 0.2) is 46.6 Å². The minimum atomic E-state index is -0.670. The van der Waals surface area contributed by atoms with E-state index in [2.05, 4.69) is 26.6 Å². The van der Waals surface area contributed by atoms with Gasteiger partial charge in [-0.15, -0.1) is 0 Å². The number of aryl methyl sites for hydroxylation is 1. The zero-order valence-electron chi connectivity index (χ0n) is 17.3. The Balaban J connectivity index is 1.80. The second-order valence-electron chi connectivity index (χ2n) is 6.67. The molecule has 0 aliphatic carbocycles. The van der Waals surface area contributed by atoms with Crippen LogP contribution in [0, 0.1) is 0 Å².